The van der Waals surface area contributed by atoms with Crippen LogP contribution in [-0.4, -0.2) is 11.2 Å². The first kappa shape index (κ1) is 11.9. The summed E-state index contributed by atoms with van der Waals surface area (Å²) in [5, 5.41) is 11.8. The minimum absolute atomic E-state index is 0.0994. The predicted octanol–water partition coefficient (Wildman–Crippen LogP) is 4.40. The minimum atomic E-state index is -0.0994. The lowest BCUT2D eigenvalue weighted by molar-refractivity contribution is 0.0467. The molecule has 1 fully saturated rings. The maximum atomic E-state index is 10.3. The first-order valence-electron chi connectivity index (χ1n) is 7.29. The Morgan fingerprint density at radius 3 is 3.00 bits per heavy atom. The van der Waals surface area contributed by atoms with Crippen molar-refractivity contribution in [3.63, 3.8) is 0 Å². The molecule has 0 amide bonds. The van der Waals surface area contributed by atoms with E-state index in [1.807, 2.05) is 11.3 Å². The summed E-state index contributed by atoms with van der Waals surface area (Å²) in [6, 6.07) is 6.85. The van der Waals surface area contributed by atoms with Crippen LogP contribution in [0, 0.1) is 12.3 Å². The number of benzene rings is 1. The van der Waals surface area contributed by atoms with Crippen molar-refractivity contribution in [3.05, 3.63) is 34.2 Å². The summed E-state index contributed by atoms with van der Waals surface area (Å²) >= 11 is 1.98. The maximum Gasteiger partial charge on any atom is 0.0600 e. The summed E-state index contributed by atoms with van der Waals surface area (Å²) in [5.74, 6) is 0.587. The van der Waals surface area contributed by atoms with Crippen LogP contribution < -0.4 is 0 Å². The highest BCUT2D eigenvalue weighted by Gasteiger charge is 2.49. The van der Waals surface area contributed by atoms with E-state index in [1.54, 1.807) is 10.4 Å². The lowest BCUT2D eigenvalue weighted by Gasteiger charge is -2.38. The third-order valence-corrected chi connectivity index (χ3v) is 6.80. The number of aliphatic hydroxyl groups is 1. The molecule has 1 aromatic heterocycles. The van der Waals surface area contributed by atoms with Gasteiger partial charge in [-0.15, -0.1) is 11.3 Å². The number of rotatable bonds is 0. The van der Waals surface area contributed by atoms with Crippen LogP contribution in [0.1, 0.15) is 48.1 Å². The molecule has 2 aliphatic rings. The quantitative estimate of drug-likeness (QED) is 0.753. The lowest BCUT2D eigenvalue weighted by atomic mass is 9.69. The molecule has 2 aromatic rings. The zero-order valence-electron chi connectivity index (χ0n) is 11.6. The lowest BCUT2D eigenvalue weighted by Crippen LogP contribution is -2.34. The van der Waals surface area contributed by atoms with Crippen LogP contribution in [0.5, 0.6) is 0 Å². The average molecular weight is 272 g/mol. The van der Waals surface area contributed by atoms with E-state index in [1.165, 1.54) is 15.6 Å². The number of aryl methyl sites for hydroxylation is 2. The third kappa shape index (κ3) is 1.50. The van der Waals surface area contributed by atoms with E-state index < -0.39 is 0 Å². The Morgan fingerprint density at radius 2 is 2.16 bits per heavy atom. The molecular formula is C17H20OS. The Balaban J connectivity index is 1.93. The molecule has 2 aliphatic carbocycles. The largest absolute Gasteiger partial charge is 0.393 e. The van der Waals surface area contributed by atoms with Crippen LogP contribution >= 0.6 is 11.3 Å². The van der Waals surface area contributed by atoms with Crippen molar-refractivity contribution < 1.29 is 5.11 Å². The van der Waals surface area contributed by atoms with E-state index in [2.05, 4.69) is 32.0 Å². The van der Waals surface area contributed by atoms with Crippen molar-refractivity contribution >= 4 is 21.4 Å². The number of aliphatic hydroxyl groups excluding tert-OH is 1. The highest BCUT2D eigenvalue weighted by molar-refractivity contribution is 7.19. The van der Waals surface area contributed by atoms with Gasteiger partial charge in [0.2, 0.25) is 0 Å². The minimum Gasteiger partial charge on any atom is -0.393 e. The van der Waals surface area contributed by atoms with Gasteiger partial charge in [0.25, 0.3) is 0 Å². The zero-order valence-corrected chi connectivity index (χ0v) is 12.4. The fourth-order valence-electron chi connectivity index (χ4n) is 4.20. The van der Waals surface area contributed by atoms with Crippen LogP contribution in [0.2, 0.25) is 0 Å². The second-order valence-corrected chi connectivity index (χ2v) is 7.68. The molecule has 1 heterocycles. The Bertz CT molecular complexity index is 657. The number of hydrogen-bond acceptors (Lipinski definition) is 2. The van der Waals surface area contributed by atoms with Crippen LogP contribution in [0.4, 0.5) is 0 Å². The summed E-state index contributed by atoms with van der Waals surface area (Å²) in [4.78, 5) is 1.57. The molecule has 2 heteroatoms. The van der Waals surface area contributed by atoms with Gasteiger partial charge in [-0.1, -0.05) is 19.1 Å². The number of fused-ring (bicyclic) bond motifs is 5. The molecule has 0 aliphatic heterocycles. The summed E-state index contributed by atoms with van der Waals surface area (Å²) < 4.78 is 1.44. The number of hydrogen-bond donors (Lipinski definition) is 1. The molecule has 0 unspecified atom stereocenters. The van der Waals surface area contributed by atoms with Gasteiger partial charge in [-0.2, -0.15) is 0 Å². The second kappa shape index (κ2) is 3.83. The molecule has 1 saturated carbocycles. The standard InChI is InChI=1S/C17H20OS/c1-10-3-4-11-12-7-8-17(2)13(5-6-15(17)18)16(12)19-14(11)9-10/h3-4,9,13,15,18H,5-8H2,1-2H3/t13-,15+,17-/m1/s1. The molecule has 100 valence electrons. The molecule has 0 spiro atoms. The Labute approximate surface area is 118 Å². The monoisotopic (exact) mass is 272 g/mol. The second-order valence-electron chi connectivity index (χ2n) is 6.60. The first-order valence-corrected chi connectivity index (χ1v) is 8.11. The van der Waals surface area contributed by atoms with Crippen molar-refractivity contribution in [3.8, 4) is 0 Å². The van der Waals surface area contributed by atoms with Gasteiger partial charge >= 0.3 is 0 Å². The van der Waals surface area contributed by atoms with Crippen molar-refractivity contribution in [2.24, 2.45) is 5.41 Å². The Hall–Kier alpha value is -0.860. The van der Waals surface area contributed by atoms with E-state index in [9.17, 15) is 5.11 Å². The van der Waals surface area contributed by atoms with Gasteiger partial charge in [0.05, 0.1) is 6.10 Å². The summed E-state index contributed by atoms with van der Waals surface area (Å²) in [6.45, 7) is 4.47. The molecule has 4 rings (SSSR count). The Kier molecular flexibility index (Phi) is 2.40. The van der Waals surface area contributed by atoms with Crippen LogP contribution in [0.25, 0.3) is 10.1 Å². The highest BCUT2D eigenvalue weighted by atomic mass is 32.1. The smallest absolute Gasteiger partial charge is 0.0600 e. The van der Waals surface area contributed by atoms with E-state index in [-0.39, 0.29) is 11.5 Å². The van der Waals surface area contributed by atoms with Crippen LogP contribution in [0.3, 0.4) is 0 Å². The summed E-state index contributed by atoms with van der Waals surface area (Å²) in [6.07, 6.45) is 4.33. The van der Waals surface area contributed by atoms with E-state index >= 15 is 0 Å². The molecule has 19 heavy (non-hydrogen) atoms. The average Bonchev–Trinajstić information content (AvgIpc) is 2.87. The maximum absolute atomic E-state index is 10.3. The normalized spacial score (nSPS) is 33.4. The number of thiophene rings is 1. The Morgan fingerprint density at radius 1 is 1.32 bits per heavy atom. The van der Waals surface area contributed by atoms with Gasteiger partial charge < -0.3 is 5.11 Å². The third-order valence-electron chi connectivity index (χ3n) is 5.50. The van der Waals surface area contributed by atoms with Crippen molar-refractivity contribution in [2.45, 2.75) is 51.6 Å². The molecule has 0 bridgehead atoms. The summed E-state index contributed by atoms with van der Waals surface area (Å²) in [7, 11) is 0. The van der Waals surface area contributed by atoms with Crippen molar-refractivity contribution in [1.82, 2.24) is 0 Å². The van der Waals surface area contributed by atoms with Crippen molar-refractivity contribution in [1.29, 1.82) is 0 Å². The fraction of sp³-hybridized carbons (Fsp3) is 0.529. The van der Waals surface area contributed by atoms with E-state index in [4.69, 9.17) is 0 Å². The SMILES string of the molecule is Cc1ccc2c3c(sc2c1)[C@H]1CC[C@H](O)[C@]1(C)CC3. The molecule has 0 radical (unpaired) electrons. The predicted molar refractivity (Wildman–Crippen MR) is 81.0 cm³/mol. The fourth-order valence-corrected chi connectivity index (χ4v) is 5.84. The molecule has 1 aromatic carbocycles. The van der Waals surface area contributed by atoms with E-state index in [0.717, 1.165) is 25.7 Å². The topological polar surface area (TPSA) is 20.2 Å². The van der Waals surface area contributed by atoms with E-state index in [0.29, 0.717) is 5.92 Å². The van der Waals surface area contributed by atoms with Gasteiger partial charge in [0.15, 0.2) is 0 Å². The van der Waals surface area contributed by atoms with Gasteiger partial charge in [-0.05, 0) is 55.2 Å². The van der Waals surface area contributed by atoms with Gasteiger partial charge in [0, 0.05) is 20.9 Å². The van der Waals surface area contributed by atoms with Crippen LogP contribution in [0.15, 0.2) is 18.2 Å². The van der Waals surface area contributed by atoms with Gasteiger partial charge in [-0.3, -0.25) is 0 Å². The molecule has 0 saturated heterocycles. The summed E-state index contributed by atoms with van der Waals surface area (Å²) in [5.41, 5.74) is 3.06. The van der Waals surface area contributed by atoms with Crippen LogP contribution in [-0.2, 0) is 6.42 Å². The highest BCUT2D eigenvalue weighted by Crippen LogP contribution is 2.58. The van der Waals surface area contributed by atoms with Crippen molar-refractivity contribution in [2.75, 3.05) is 0 Å². The molecular weight excluding hydrogens is 252 g/mol. The molecule has 1 N–H and O–H groups in total. The zero-order chi connectivity index (χ0) is 13.2. The molecule has 3 atom stereocenters. The first-order chi connectivity index (χ1) is 9.09. The molecule has 1 nitrogen and oxygen atoms in total. The van der Waals surface area contributed by atoms with Gasteiger partial charge in [-0.25, -0.2) is 0 Å². The van der Waals surface area contributed by atoms with Gasteiger partial charge in [0.1, 0.15) is 0 Å².